The Hall–Kier alpha value is -1.52. The van der Waals surface area contributed by atoms with Gasteiger partial charge in [0.1, 0.15) is 11.5 Å². The van der Waals surface area contributed by atoms with Crippen molar-refractivity contribution in [1.82, 2.24) is 9.97 Å². The second-order valence-corrected chi connectivity index (χ2v) is 2.95. The Morgan fingerprint density at radius 3 is 2.50 bits per heavy atom. The van der Waals surface area contributed by atoms with Gasteiger partial charge in [0, 0.05) is 6.42 Å². The van der Waals surface area contributed by atoms with Crippen LogP contribution in [0.2, 0.25) is 0 Å². The molecule has 0 fully saturated rings. The number of aromatic nitrogens is 2. The van der Waals surface area contributed by atoms with Gasteiger partial charge in [-0.3, -0.25) is 0 Å². The Morgan fingerprint density at radius 1 is 1.21 bits per heavy atom. The number of aryl methyl sites for hydroxylation is 1. The maximum absolute atomic E-state index is 5.67. The number of rotatable bonds is 4. The van der Waals surface area contributed by atoms with Crippen LogP contribution >= 0.6 is 0 Å². The average molecular weight is 196 g/mol. The van der Waals surface area contributed by atoms with Gasteiger partial charge in [-0.05, 0) is 6.42 Å². The monoisotopic (exact) mass is 196 g/mol. The highest BCUT2D eigenvalue weighted by atomic mass is 16.5. The summed E-state index contributed by atoms with van der Waals surface area (Å²) in [7, 11) is 0. The first-order valence-electron chi connectivity index (χ1n) is 4.73. The van der Waals surface area contributed by atoms with Crippen LogP contribution in [0.3, 0.4) is 0 Å². The summed E-state index contributed by atoms with van der Waals surface area (Å²) in [5.41, 5.74) is 11.6. The first-order chi connectivity index (χ1) is 6.69. The summed E-state index contributed by atoms with van der Waals surface area (Å²) in [6.07, 6.45) is 1.62. The van der Waals surface area contributed by atoms with Crippen LogP contribution in [0.25, 0.3) is 0 Å². The van der Waals surface area contributed by atoms with Crippen molar-refractivity contribution in [3.05, 3.63) is 5.82 Å². The lowest BCUT2D eigenvalue weighted by molar-refractivity contribution is 0.306. The van der Waals surface area contributed by atoms with Crippen LogP contribution in [0.5, 0.6) is 5.88 Å². The first kappa shape index (κ1) is 10.6. The van der Waals surface area contributed by atoms with Crippen molar-refractivity contribution in [2.75, 3.05) is 18.1 Å². The quantitative estimate of drug-likeness (QED) is 0.749. The van der Waals surface area contributed by atoms with E-state index in [0.717, 1.165) is 6.42 Å². The molecule has 78 valence electrons. The topological polar surface area (TPSA) is 87.0 Å². The van der Waals surface area contributed by atoms with Crippen LogP contribution in [0.15, 0.2) is 0 Å². The number of nitrogen functional groups attached to an aromatic ring is 2. The molecule has 0 aliphatic heterocycles. The maximum Gasteiger partial charge on any atom is 0.242 e. The van der Waals surface area contributed by atoms with E-state index in [4.69, 9.17) is 16.2 Å². The molecule has 14 heavy (non-hydrogen) atoms. The van der Waals surface area contributed by atoms with Crippen molar-refractivity contribution < 1.29 is 4.74 Å². The zero-order chi connectivity index (χ0) is 10.6. The minimum absolute atomic E-state index is 0.294. The van der Waals surface area contributed by atoms with Crippen LogP contribution in [-0.2, 0) is 6.42 Å². The predicted octanol–water partition coefficient (Wildman–Crippen LogP) is 0.992. The van der Waals surface area contributed by atoms with Gasteiger partial charge in [0.05, 0.1) is 6.61 Å². The van der Waals surface area contributed by atoms with E-state index >= 15 is 0 Å². The highest BCUT2D eigenvalue weighted by Gasteiger charge is 2.09. The number of anilines is 2. The molecule has 1 aromatic rings. The van der Waals surface area contributed by atoms with E-state index in [9.17, 15) is 0 Å². The van der Waals surface area contributed by atoms with Gasteiger partial charge in [0.25, 0.3) is 0 Å². The number of hydrogen-bond donors (Lipinski definition) is 2. The summed E-state index contributed by atoms with van der Waals surface area (Å²) in [5.74, 6) is 1.35. The minimum Gasteiger partial charge on any atom is -0.476 e. The van der Waals surface area contributed by atoms with E-state index in [1.165, 1.54) is 0 Å². The van der Waals surface area contributed by atoms with Crippen LogP contribution in [0.1, 0.15) is 26.1 Å². The molecule has 0 saturated heterocycles. The Labute approximate surface area is 83.5 Å². The Morgan fingerprint density at radius 2 is 1.93 bits per heavy atom. The third-order valence-corrected chi connectivity index (χ3v) is 1.75. The second kappa shape index (κ2) is 4.64. The number of hydrogen-bond acceptors (Lipinski definition) is 5. The largest absolute Gasteiger partial charge is 0.476 e. The van der Waals surface area contributed by atoms with Gasteiger partial charge in [0.2, 0.25) is 5.88 Å². The van der Waals surface area contributed by atoms with Crippen molar-refractivity contribution in [2.24, 2.45) is 0 Å². The zero-order valence-electron chi connectivity index (χ0n) is 8.58. The molecule has 5 heteroatoms. The highest BCUT2D eigenvalue weighted by molar-refractivity contribution is 5.64. The van der Waals surface area contributed by atoms with E-state index in [-0.39, 0.29) is 0 Å². The lowest BCUT2D eigenvalue weighted by Crippen LogP contribution is -2.08. The molecule has 0 aromatic carbocycles. The first-order valence-corrected chi connectivity index (χ1v) is 4.73. The van der Waals surface area contributed by atoms with Gasteiger partial charge < -0.3 is 16.2 Å². The number of ether oxygens (including phenoxy) is 1. The van der Waals surface area contributed by atoms with E-state index in [0.29, 0.717) is 36.2 Å². The van der Waals surface area contributed by atoms with Gasteiger partial charge in [-0.15, -0.1) is 0 Å². The van der Waals surface area contributed by atoms with Gasteiger partial charge in [-0.2, -0.15) is 4.98 Å². The SMILES string of the molecule is CCCOc1nc(CC)nc(N)c1N. The summed E-state index contributed by atoms with van der Waals surface area (Å²) < 4.78 is 5.35. The molecule has 1 rings (SSSR count). The fourth-order valence-electron chi connectivity index (χ4n) is 0.978. The molecule has 0 radical (unpaired) electrons. The van der Waals surface area contributed by atoms with Gasteiger partial charge in [-0.1, -0.05) is 13.8 Å². The van der Waals surface area contributed by atoms with Crippen LogP contribution in [-0.4, -0.2) is 16.6 Å². The minimum atomic E-state index is 0.294. The van der Waals surface area contributed by atoms with Crippen molar-refractivity contribution in [2.45, 2.75) is 26.7 Å². The van der Waals surface area contributed by atoms with E-state index in [2.05, 4.69) is 9.97 Å². The molecular formula is C9H16N4O. The highest BCUT2D eigenvalue weighted by Crippen LogP contribution is 2.23. The summed E-state index contributed by atoms with van der Waals surface area (Å²) >= 11 is 0. The normalized spacial score (nSPS) is 10.1. The molecule has 0 aliphatic rings. The molecule has 1 aromatic heterocycles. The molecule has 0 unspecified atom stereocenters. The van der Waals surface area contributed by atoms with E-state index in [1.54, 1.807) is 0 Å². The molecule has 0 amide bonds. The van der Waals surface area contributed by atoms with Crippen LogP contribution < -0.4 is 16.2 Å². The molecule has 0 atom stereocenters. The summed E-state index contributed by atoms with van der Waals surface area (Å²) in [6.45, 7) is 4.56. The molecule has 4 N–H and O–H groups in total. The average Bonchev–Trinajstić information content (AvgIpc) is 2.20. The zero-order valence-corrected chi connectivity index (χ0v) is 8.58. The van der Waals surface area contributed by atoms with Crippen molar-refractivity contribution >= 4 is 11.5 Å². The Kier molecular flexibility index (Phi) is 3.50. The number of nitrogens with zero attached hydrogens (tertiary/aromatic N) is 2. The molecule has 0 bridgehead atoms. The van der Waals surface area contributed by atoms with Crippen molar-refractivity contribution in [1.29, 1.82) is 0 Å². The molecular weight excluding hydrogens is 180 g/mol. The number of nitrogens with two attached hydrogens (primary N) is 2. The molecule has 0 saturated carbocycles. The lowest BCUT2D eigenvalue weighted by atomic mass is 10.4. The smallest absolute Gasteiger partial charge is 0.242 e. The summed E-state index contributed by atoms with van der Waals surface area (Å²) in [4.78, 5) is 8.17. The van der Waals surface area contributed by atoms with Gasteiger partial charge >= 0.3 is 0 Å². The Bertz CT molecular complexity index is 314. The molecule has 5 nitrogen and oxygen atoms in total. The fourth-order valence-corrected chi connectivity index (χ4v) is 0.978. The molecule has 1 heterocycles. The van der Waals surface area contributed by atoms with Crippen molar-refractivity contribution in [3.63, 3.8) is 0 Å². The standard InChI is InChI=1S/C9H16N4O/c1-3-5-14-9-7(10)8(11)12-6(4-2)13-9/h3-5,10H2,1-2H3,(H2,11,12,13). The fraction of sp³-hybridized carbons (Fsp3) is 0.556. The third kappa shape index (κ3) is 2.25. The van der Waals surface area contributed by atoms with Crippen LogP contribution in [0.4, 0.5) is 11.5 Å². The Balaban J connectivity index is 2.95. The summed E-state index contributed by atoms with van der Waals surface area (Å²) in [6, 6.07) is 0. The van der Waals surface area contributed by atoms with Crippen molar-refractivity contribution in [3.8, 4) is 5.88 Å². The van der Waals surface area contributed by atoms with Gasteiger partial charge in [-0.25, -0.2) is 4.98 Å². The predicted molar refractivity (Wildman–Crippen MR) is 56.0 cm³/mol. The van der Waals surface area contributed by atoms with E-state index in [1.807, 2.05) is 13.8 Å². The lowest BCUT2D eigenvalue weighted by Gasteiger charge is -2.09. The van der Waals surface area contributed by atoms with E-state index < -0.39 is 0 Å². The van der Waals surface area contributed by atoms with Gasteiger partial charge in [0.15, 0.2) is 5.82 Å². The second-order valence-electron chi connectivity index (χ2n) is 2.95. The van der Waals surface area contributed by atoms with Crippen LogP contribution in [0, 0.1) is 0 Å². The molecule has 0 aliphatic carbocycles. The third-order valence-electron chi connectivity index (χ3n) is 1.75. The molecule has 0 spiro atoms. The summed E-state index contributed by atoms with van der Waals surface area (Å²) in [5, 5.41) is 0. The maximum atomic E-state index is 5.67.